The number of hydrogen-bond donors (Lipinski definition) is 1. The fraction of sp³-hybridized carbons (Fsp3) is 0.500. The van der Waals surface area contributed by atoms with Crippen LogP contribution in [0.4, 0.5) is 0 Å². The predicted molar refractivity (Wildman–Crippen MR) is 69.6 cm³/mol. The van der Waals surface area contributed by atoms with E-state index in [1.54, 1.807) is 12.4 Å². The molecule has 0 aliphatic rings. The Bertz CT molecular complexity index is 320. The van der Waals surface area contributed by atoms with E-state index in [9.17, 15) is 4.79 Å². The summed E-state index contributed by atoms with van der Waals surface area (Å²) in [4.78, 5) is 16.4. The van der Waals surface area contributed by atoms with Crippen molar-refractivity contribution in [2.75, 3.05) is 20.1 Å². The van der Waals surface area contributed by atoms with Gasteiger partial charge in [-0.1, -0.05) is 0 Å². The van der Waals surface area contributed by atoms with E-state index in [0.717, 1.165) is 19.4 Å². The molecule has 0 radical (unpaired) electrons. The Morgan fingerprint density at radius 2 is 2.00 bits per heavy atom. The highest BCUT2D eigenvalue weighted by molar-refractivity contribution is 5.85. The fourth-order valence-corrected chi connectivity index (χ4v) is 1.50. The van der Waals surface area contributed by atoms with Crippen molar-refractivity contribution in [2.45, 2.75) is 19.3 Å². The van der Waals surface area contributed by atoms with Crippen LogP contribution in [0.15, 0.2) is 24.5 Å². The molecule has 0 spiro atoms. The molecular weight excluding hydrogens is 240 g/mol. The summed E-state index contributed by atoms with van der Waals surface area (Å²) in [5, 5.41) is 8.53. The standard InChI is InChI=1S/C12H18N2O2.ClH/c1-14(10-6-12(15)16)9-2-3-11-4-7-13-8-5-11;/h4-5,7-8H,2-3,6,9-10H2,1H3,(H,15,16);1H. The summed E-state index contributed by atoms with van der Waals surface area (Å²) in [7, 11) is 1.95. The van der Waals surface area contributed by atoms with Crippen molar-refractivity contribution in [3.8, 4) is 0 Å². The quantitative estimate of drug-likeness (QED) is 0.811. The number of carboxylic acids is 1. The molecule has 0 aliphatic heterocycles. The number of nitrogens with zero attached hydrogens (tertiary/aromatic N) is 2. The lowest BCUT2D eigenvalue weighted by atomic mass is 10.1. The van der Waals surface area contributed by atoms with E-state index in [1.165, 1.54) is 5.56 Å². The van der Waals surface area contributed by atoms with Gasteiger partial charge in [-0.05, 0) is 44.1 Å². The van der Waals surface area contributed by atoms with Crippen LogP contribution in [0.25, 0.3) is 0 Å². The summed E-state index contributed by atoms with van der Waals surface area (Å²) >= 11 is 0. The van der Waals surface area contributed by atoms with Crippen LogP contribution in [0.2, 0.25) is 0 Å². The number of aliphatic carboxylic acids is 1. The summed E-state index contributed by atoms with van der Waals surface area (Å²) in [5.74, 6) is -0.735. The number of carbonyl (C=O) groups is 1. The lowest BCUT2D eigenvalue weighted by Crippen LogP contribution is -2.23. The number of aryl methyl sites for hydroxylation is 1. The van der Waals surface area contributed by atoms with Gasteiger partial charge in [0, 0.05) is 18.9 Å². The number of aromatic nitrogens is 1. The van der Waals surface area contributed by atoms with Crippen LogP contribution >= 0.6 is 12.4 Å². The van der Waals surface area contributed by atoms with E-state index >= 15 is 0 Å². The number of hydrogen-bond acceptors (Lipinski definition) is 3. The Morgan fingerprint density at radius 1 is 1.35 bits per heavy atom. The molecule has 1 rings (SSSR count). The SMILES string of the molecule is CN(CCCc1ccncc1)CCC(=O)O.Cl. The lowest BCUT2D eigenvalue weighted by Gasteiger charge is -2.14. The summed E-state index contributed by atoms with van der Waals surface area (Å²) in [6, 6.07) is 4.02. The van der Waals surface area contributed by atoms with Crippen LogP contribution in [0.1, 0.15) is 18.4 Å². The normalized spacial score (nSPS) is 10.0. The molecule has 1 aromatic rings. The first-order valence-electron chi connectivity index (χ1n) is 5.47. The van der Waals surface area contributed by atoms with Crippen LogP contribution in [-0.4, -0.2) is 41.1 Å². The van der Waals surface area contributed by atoms with Crippen molar-refractivity contribution in [3.05, 3.63) is 30.1 Å². The molecular formula is C12H19ClN2O2. The van der Waals surface area contributed by atoms with Gasteiger partial charge in [0.15, 0.2) is 0 Å². The zero-order valence-electron chi connectivity index (χ0n) is 10.0. The predicted octanol–water partition coefficient (Wildman–Crippen LogP) is 1.84. The van der Waals surface area contributed by atoms with Crippen LogP contribution in [-0.2, 0) is 11.2 Å². The van der Waals surface area contributed by atoms with Gasteiger partial charge in [-0.2, -0.15) is 0 Å². The average Bonchev–Trinajstić information content (AvgIpc) is 2.28. The highest BCUT2D eigenvalue weighted by Gasteiger charge is 2.02. The molecule has 1 heterocycles. The molecule has 1 aromatic heterocycles. The van der Waals surface area contributed by atoms with Crippen molar-refractivity contribution in [3.63, 3.8) is 0 Å². The third-order valence-corrected chi connectivity index (χ3v) is 2.46. The minimum atomic E-state index is -0.735. The Balaban J connectivity index is 0.00000256. The van der Waals surface area contributed by atoms with E-state index < -0.39 is 5.97 Å². The largest absolute Gasteiger partial charge is 0.481 e. The highest BCUT2D eigenvalue weighted by atomic mass is 35.5. The lowest BCUT2D eigenvalue weighted by molar-refractivity contribution is -0.137. The first-order valence-corrected chi connectivity index (χ1v) is 5.47. The van der Waals surface area contributed by atoms with Crippen LogP contribution in [0.5, 0.6) is 0 Å². The molecule has 0 atom stereocenters. The molecule has 1 N–H and O–H groups in total. The first-order chi connectivity index (χ1) is 7.68. The van der Waals surface area contributed by atoms with E-state index in [4.69, 9.17) is 5.11 Å². The van der Waals surface area contributed by atoms with Gasteiger partial charge in [0.25, 0.3) is 0 Å². The molecule has 0 amide bonds. The molecule has 0 aliphatic carbocycles. The highest BCUT2D eigenvalue weighted by Crippen LogP contribution is 2.01. The number of rotatable bonds is 7. The van der Waals surface area contributed by atoms with Crippen LogP contribution in [0.3, 0.4) is 0 Å². The van der Waals surface area contributed by atoms with E-state index in [1.807, 2.05) is 19.2 Å². The Labute approximate surface area is 108 Å². The molecule has 0 saturated heterocycles. The summed E-state index contributed by atoms with van der Waals surface area (Å²) in [6.07, 6.45) is 5.86. The minimum absolute atomic E-state index is 0. The van der Waals surface area contributed by atoms with E-state index in [2.05, 4.69) is 9.88 Å². The molecule has 0 aromatic carbocycles. The van der Waals surface area contributed by atoms with Gasteiger partial charge < -0.3 is 10.0 Å². The smallest absolute Gasteiger partial charge is 0.304 e. The van der Waals surface area contributed by atoms with Crippen LogP contribution < -0.4 is 0 Å². The monoisotopic (exact) mass is 258 g/mol. The second kappa shape index (κ2) is 8.96. The average molecular weight is 259 g/mol. The first kappa shape index (κ1) is 15.9. The number of pyridine rings is 1. The third-order valence-electron chi connectivity index (χ3n) is 2.46. The molecule has 17 heavy (non-hydrogen) atoms. The maximum atomic E-state index is 10.4. The van der Waals surface area contributed by atoms with Gasteiger partial charge in [0.2, 0.25) is 0 Å². The summed E-state index contributed by atoms with van der Waals surface area (Å²) < 4.78 is 0. The van der Waals surface area contributed by atoms with Crippen molar-refractivity contribution >= 4 is 18.4 Å². The molecule has 0 bridgehead atoms. The zero-order valence-corrected chi connectivity index (χ0v) is 10.8. The second-order valence-corrected chi connectivity index (χ2v) is 3.91. The summed E-state index contributed by atoms with van der Waals surface area (Å²) in [5.41, 5.74) is 1.28. The van der Waals surface area contributed by atoms with Crippen molar-refractivity contribution < 1.29 is 9.90 Å². The number of carboxylic acid groups (broad SMARTS) is 1. The molecule has 0 saturated carbocycles. The van der Waals surface area contributed by atoms with E-state index in [0.29, 0.717) is 6.54 Å². The second-order valence-electron chi connectivity index (χ2n) is 3.91. The minimum Gasteiger partial charge on any atom is -0.481 e. The van der Waals surface area contributed by atoms with Gasteiger partial charge in [0.05, 0.1) is 6.42 Å². The summed E-state index contributed by atoms with van der Waals surface area (Å²) in [6.45, 7) is 1.54. The molecule has 4 nitrogen and oxygen atoms in total. The molecule has 0 fully saturated rings. The van der Waals surface area contributed by atoms with Gasteiger partial charge in [-0.3, -0.25) is 9.78 Å². The Morgan fingerprint density at radius 3 is 2.59 bits per heavy atom. The maximum absolute atomic E-state index is 10.4. The fourth-order valence-electron chi connectivity index (χ4n) is 1.50. The van der Waals surface area contributed by atoms with Gasteiger partial charge in [0.1, 0.15) is 0 Å². The van der Waals surface area contributed by atoms with Crippen molar-refractivity contribution in [1.29, 1.82) is 0 Å². The number of halogens is 1. The molecule has 5 heteroatoms. The van der Waals surface area contributed by atoms with Gasteiger partial charge >= 0.3 is 5.97 Å². The van der Waals surface area contributed by atoms with Crippen molar-refractivity contribution in [2.24, 2.45) is 0 Å². The molecule has 0 unspecified atom stereocenters. The van der Waals surface area contributed by atoms with Crippen molar-refractivity contribution in [1.82, 2.24) is 9.88 Å². The Kier molecular flexibility index (Phi) is 8.36. The van der Waals surface area contributed by atoms with E-state index in [-0.39, 0.29) is 18.8 Å². The van der Waals surface area contributed by atoms with Gasteiger partial charge in [-0.15, -0.1) is 12.4 Å². The van der Waals surface area contributed by atoms with Gasteiger partial charge in [-0.25, -0.2) is 0 Å². The van der Waals surface area contributed by atoms with Crippen LogP contribution in [0, 0.1) is 0 Å². The topological polar surface area (TPSA) is 53.4 Å². The zero-order chi connectivity index (χ0) is 11.8. The Hall–Kier alpha value is -1.13. The maximum Gasteiger partial charge on any atom is 0.304 e. The molecule has 96 valence electrons. The third kappa shape index (κ3) is 7.71.